The van der Waals surface area contributed by atoms with Crippen LogP contribution in [0.15, 0.2) is 18.3 Å². The Balaban J connectivity index is 1.90. The van der Waals surface area contributed by atoms with Crippen LogP contribution in [0.5, 0.6) is 5.75 Å². The molecule has 0 aliphatic heterocycles. The number of nitrogens with zero attached hydrogens (tertiary/aromatic N) is 5. The Labute approximate surface area is 98.8 Å². The predicted molar refractivity (Wildman–Crippen MR) is 60.1 cm³/mol. The molecule has 0 amide bonds. The molecule has 2 heterocycles. The van der Waals surface area contributed by atoms with Gasteiger partial charge in [-0.3, -0.25) is 4.98 Å². The molecule has 2 aromatic rings. The van der Waals surface area contributed by atoms with Crippen LogP contribution in [0.2, 0.25) is 0 Å². The van der Waals surface area contributed by atoms with Crippen LogP contribution in [-0.4, -0.2) is 32.2 Å². The van der Waals surface area contributed by atoms with E-state index in [2.05, 4.69) is 25.7 Å². The molecule has 0 radical (unpaired) electrons. The maximum Gasteiger partial charge on any atom is 0.212 e. The SMILES string of the molecule is CNCc1ccc(OCc2nnn(C)n2)cn1. The van der Waals surface area contributed by atoms with E-state index < -0.39 is 0 Å². The standard InChI is InChI=1S/C10H14N6O/c1-11-5-8-3-4-9(6-12-8)17-7-10-13-15-16(2)14-10/h3-4,6,11H,5,7H2,1-2H3. The quantitative estimate of drug-likeness (QED) is 0.778. The van der Waals surface area contributed by atoms with Crippen LogP contribution in [0.3, 0.4) is 0 Å². The van der Waals surface area contributed by atoms with Gasteiger partial charge in [-0.25, -0.2) is 0 Å². The Hall–Kier alpha value is -2.02. The zero-order valence-electron chi connectivity index (χ0n) is 9.79. The van der Waals surface area contributed by atoms with Crippen LogP contribution in [0.25, 0.3) is 0 Å². The monoisotopic (exact) mass is 234 g/mol. The summed E-state index contributed by atoms with van der Waals surface area (Å²) in [5.74, 6) is 1.24. The van der Waals surface area contributed by atoms with Gasteiger partial charge in [-0.1, -0.05) is 0 Å². The fourth-order valence-corrected chi connectivity index (χ4v) is 1.31. The lowest BCUT2D eigenvalue weighted by molar-refractivity contribution is 0.294. The molecule has 0 atom stereocenters. The first-order valence-electron chi connectivity index (χ1n) is 5.23. The maximum absolute atomic E-state index is 5.48. The van der Waals surface area contributed by atoms with Gasteiger partial charge in [-0.05, 0) is 24.4 Å². The summed E-state index contributed by atoms with van der Waals surface area (Å²) in [5.41, 5.74) is 0.970. The molecule has 0 spiro atoms. The molecule has 0 fully saturated rings. The summed E-state index contributed by atoms with van der Waals surface area (Å²) in [5, 5.41) is 14.6. The van der Waals surface area contributed by atoms with Gasteiger partial charge in [0.2, 0.25) is 5.82 Å². The average Bonchev–Trinajstić information content (AvgIpc) is 2.75. The van der Waals surface area contributed by atoms with Crippen LogP contribution in [-0.2, 0) is 20.2 Å². The van der Waals surface area contributed by atoms with Gasteiger partial charge in [0.1, 0.15) is 5.75 Å². The second kappa shape index (κ2) is 5.35. The molecule has 0 aliphatic rings. The summed E-state index contributed by atoms with van der Waals surface area (Å²) in [6.07, 6.45) is 1.68. The summed E-state index contributed by atoms with van der Waals surface area (Å²) < 4.78 is 5.48. The van der Waals surface area contributed by atoms with Gasteiger partial charge < -0.3 is 10.1 Å². The molecule has 2 rings (SSSR count). The Morgan fingerprint density at radius 3 is 2.88 bits per heavy atom. The van der Waals surface area contributed by atoms with Crippen molar-refractivity contribution in [3.8, 4) is 5.75 Å². The van der Waals surface area contributed by atoms with Crippen molar-refractivity contribution in [1.82, 2.24) is 30.5 Å². The molecule has 0 saturated carbocycles. The van der Waals surface area contributed by atoms with E-state index in [1.807, 2.05) is 19.2 Å². The van der Waals surface area contributed by atoms with E-state index in [1.165, 1.54) is 4.80 Å². The number of aryl methyl sites for hydroxylation is 1. The van der Waals surface area contributed by atoms with Crippen LogP contribution < -0.4 is 10.1 Å². The van der Waals surface area contributed by atoms with Crippen molar-refractivity contribution in [3.63, 3.8) is 0 Å². The van der Waals surface area contributed by atoms with Gasteiger partial charge in [0.15, 0.2) is 6.61 Å². The van der Waals surface area contributed by atoms with Crippen molar-refractivity contribution in [2.75, 3.05) is 7.05 Å². The first kappa shape index (κ1) is 11.5. The minimum absolute atomic E-state index is 0.293. The molecular weight excluding hydrogens is 220 g/mol. The van der Waals surface area contributed by atoms with Crippen molar-refractivity contribution in [2.45, 2.75) is 13.2 Å². The number of aromatic nitrogens is 5. The lowest BCUT2D eigenvalue weighted by Crippen LogP contribution is -2.06. The Bertz CT molecular complexity index is 466. The highest BCUT2D eigenvalue weighted by molar-refractivity contribution is 5.19. The van der Waals surface area contributed by atoms with E-state index in [9.17, 15) is 0 Å². The fraction of sp³-hybridized carbons (Fsp3) is 0.400. The lowest BCUT2D eigenvalue weighted by Gasteiger charge is -2.04. The highest BCUT2D eigenvalue weighted by atomic mass is 16.5. The molecule has 0 aromatic carbocycles. The molecule has 7 nitrogen and oxygen atoms in total. The van der Waals surface area contributed by atoms with Gasteiger partial charge in [0.05, 0.1) is 18.9 Å². The Kier molecular flexibility index (Phi) is 3.61. The smallest absolute Gasteiger partial charge is 0.212 e. The molecule has 0 saturated heterocycles. The van der Waals surface area contributed by atoms with E-state index >= 15 is 0 Å². The van der Waals surface area contributed by atoms with Crippen molar-refractivity contribution < 1.29 is 4.74 Å². The van der Waals surface area contributed by atoms with Gasteiger partial charge in [0, 0.05) is 6.54 Å². The third-order valence-corrected chi connectivity index (χ3v) is 2.07. The number of hydrogen-bond donors (Lipinski definition) is 1. The van der Waals surface area contributed by atoms with Gasteiger partial charge in [-0.15, -0.1) is 10.2 Å². The van der Waals surface area contributed by atoms with Crippen LogP contribution >= 0.6 is 0 Å². The molecule has 0 aliphatic carbocycles. The highest BCUT2D eigenvalue weighted by Gasteiger charge is 2.02. The highest BCUT2D eigenvalue weighted by Crippen LogP contribution is 2.10. The minimum Gasteiger partial charge on any atom is -0.484 e. The number of tetrazole rings is 1. The molecular formula is C10H14N6O. The molecule has 2 aromatic heterocycles. The zero-order chi connectivity index (χ0) is 12.1. The van der Waals surface area contributed by atoms with Crippen molar-refractivity contribution in [1.29, 1.82) is 0 Å². The number of rotatable bonds is 5. The van der Waals surface area contributed by atoms with E-state index in [1.54, 1.807) is 13.2 Å². The summed E-state index contributed by atoms with van der Waals surface area (Å²) in [7, 11) is 3.59. The van der Waals surface area contributed by atoms with E-state index in [-0.39, 0.29) is 0 Å². The second-order valence-corrected chi connectivity index (χ2v) is 3.50. The van der Waals surface area contributed by atoms with Crippen LogP contribution in [0.1, 0.15) is 11.5 Å². The molecule has 0 unspecified atom stereocenters. The summed E-state index contributed by atoms with van der Waals surface area (Å²) >= 11 is 0. The fourth-order valence-electron chi connectivity index (χ4n) is 1.31. The number of nitrogens with one attached hydrogen (secondary N) is 1. The average molecular weight is 234 g/mol. The number of ether oxygens (including phenoxy) is 1. The Morgan fingerprint density at radius 2 is 2.29 bits per heavy atom. The summed E-state index contributed by atoms with van der Waals surface area (Å²) in [4.78, 5) is 5.63. The number of hydrogen-bond acceptors (Lipinski definition) is 6. The molecule has 90 valence electrons. The van der Waals surface area contributed by atoms with Gasteiger partial charge >= 0.3 is 0 Å². The third kappa shape index (κ3) is 3.22. The molecule has 7 heteroatoms. The first-order valence-corrected chi connectivity index (χ1v) is 5.23. The van der Waals surface area contributed by atoms with Crippen LogP contribution in [0, 0.1) is 0 Å². The van der Waals surface area contributed by atoms with Gasteiger partial charge in [-0.2, -0.15) is 4.80 Å². The summed E-state index contributed by atoms with van der Waals surface area (Å²) in [6, 6.07) is 3.78. The van der Waals surface area contributed by atoms with Crippen LogP contribution in [0.4, 0.5) is 0 Å². The number of pyridine rings is 1. The normalized spacial score (nSPS) is 10.5. The maximum atomic E-state index is 5.48. The third-order valence-electron chi connectivity index (χ3n) is 2.07. The minimum atomic E-state index is 0.293. The molecule has 17 heavy (non-hydrogen) atoms. The van der Waals surface area contributed by atoms with Crippen molar-refractivity contribution in [3.05, 3.63) is 29.8 Å². The van der Waals surface area contributed by atoms with Crippen molar-refractivity contribution >= 4 is 0 Å². The van der Waals surface area contributed by atoms with Gasteiger partial charge in [0.25, 0.3) is 0 Å². The lowest BCUT2D eigenvalue weighted by atomic mass is 10.3. The summed E-state index contributed by atoms with van der Waals surface area (Å²) in [6.45, 7) is 1.03. The van der Waals surface area contributed by atoms with E-state index in [0.717, 1.165) is 12.2 Å². The first-order chi connectivity index (χ1) is 8.28. The van der Waals surface area contributed by atoms with E-state index in [0.29, 0.717) is 18.2 Å². The Morgan fingerprint density at radius 1 is 1.41 bits per heavy atom. The largest absolute Gasteiger partial charge is 0.484 e. The molecule has 1 N–H and O–H groups in total. The van der Waals surface area contributed by atoms with E-state index in [4.69, 9.17) is 4.74 Å². The second-order valence-electron chi connectivity index (χ2n) is 3.50. The zero-order valence-corrected chi connectivity index (χ0v) is 9.79. The topological polar surface area (TPSA) is 77.8 Å². The van der Waals surface area contributed by atoms with Crippen molar-refractivity contribution in [2.24, 2.45) is 7.05 Å². The molecule has 0 bridgehead atoms. The predicted octanol–water partition coefficient (Wildman–Crippen LogP) is -0.0965.